The lowest BCUT2D eigenvalue weighted by Gasteiger charge is -2.27. The molecule has 1 atom stereocenters. The molecule has 4 rings (SSSR count). The summed E-state index contributed by atoms with van der Waals surface area (Å²) in [7, 11) is 1.94. The van der Waals surface area contributed by atoms with E-state index in [0.29, 0.717) is 22.8 Å². The molecule has 0 fully saturated rings. The van der Waals surface area contributed by atoms with Crippen LogP contribution in [0, 0.1) is 0 Å². The van der Waals surface area contributed by atoms with Crippen molar-refractivity contribution in [2.45, 2.75) is 18.1 Å². The second-order valence-electron chi connectivity index (χ2n) is 6.80. The van der Waals surface area contributed by atoms with E-state index in [1.807, 2.05) is 48.1 Å². The number of amides is 2. The maximum atomic E-state index is 12.7. The Labute approximate surface area is 183 Å². The lowest BCUT2D eigenvalue weighted by molar-refractivity contribution is -0.139. The molecule has 3 heterocycles. The molecule has 31 heavy (non-hydrogen) atoms. The fourth-order valence-corrected chi connectivity index (χ4v) is 4.31. The van der Waals surface area contributed by atoms with Crippen LogP contribution in [-0.4, -0.2) is 33.9 Å². The minimum Gasteiger partial charge on any atom is -0.467 e. The molecule has 2 amide bonds. The number of hydrogen-bond acceptors (Lipinski definition) is 6. The molecule has 3 aromatic rings. The standard InChI is InChI=1S/C22H22N4O4S/c1-3-29-20(27)18-15(24-21(28)25-19(18)17-10-7-11-30-17)13-31-22-23-12-16(26(22)2)14-8-5-4-6-9-14/h4-12,19H,3,13H2,1-2H3,(H2,24,25,28). The molecule has 2 aromatic heterocycles. The summed E-state index contributed by atoms with van der Waals surface area (Å²) in [6, 6.07) is 12.3. The molecule has 2 N–H and O–H groups in total. The quantitative estimate of drug-likeness (QED) is 0.432. The van der Waals surface area contributed by atoms with Crippen molar-refractivity contribution in [1.82, 2.24) is 20.2 Å². The fraction of sp³-hybridized carbons (Fsp3) is 0.227. The van der Waals surface area contributed by atoms with E-state index in [1.165, 1.54) is 18.0 Å². The number of hydrogen-bond donors (Lipinski definition) is 2. The molecule has 0 saturated carbocycles. The largest absolute Gasteiger partial charge is 0.467 e. The van der Waals surface area contributed by atoms with Crippen molar-refractivity contribution in [2.75, 3.05) is 12.4 Å². The molecular weight excluding hydrogens is 416 g/mol. The van der Waals surface area contributed by atoms with Crippen LogP contribution in [0.25, 0.3) is 11.3 Å². The van der Waals surface area contributed by atoms with Crippen molar-refractivity contribution in [3.05, 3.63) is 72.0 Å². The summed E-state index contributed by atoms with van der Waals surface area (Å²) in [4.78, 5) is 29.5. The minimum absolute atomic E-state index is 0.224. The average molecular weight is 439 g/mol. The number of esters is 1. The molecular formula is C22H22N4O4S. The number of nitrogens with one attached hydrogen (secondary N) is 2. The molecule has 8 nitrogen and oxygen atoms in total. The van der Waals surface area contributed by atoms with Crippen LogP contribution in [0.1, 0.15) is 18.7 Å². The van der Waals surface area contributed by atoms with E-state index < -0.39 is 18.0 Å². The van der Waals surface area contributed by atoms with Gasteiger partial charge in [-0.2, -0.15) is 0 Å². The first kappa shape index (κ1) is 20.8. The lowest BCUT2D eigenvalue weighted by atomic mass is 10.0. The molecule has 0 bridgehead atoms. The molecule has 0 saturated heterocycles. The highest BCUT2D eigenvalue weighted by Crippen LogP contribution is 2.31. The Hall–Kier alpha value is -3.46. The van der Waals surface area contributed by atoms with Crippen molar-refractivity contribution in [3.63, 3.8) is 0 Å². The number of imidazole rings is 1. The maximum Gasteiger partial charge on any atom is 0.338 e. The van der Waals surface area contributed by atoms with E-state index >= 15 is 0 Å². The van der Waals surface area contributed by atoms with E-state index in [1.54, 1.807) is 19.1 Å². The molecule has 1 aliphatic heterocycles. The van der Waals surface area contributed by atoms with Crippen molar-refractivity contribution in [2.24, 2.45) is 7.05 Å². The highest BCUT2D eigenvalue weighted by atomic mass is 32.2. The molecule has 0 aliphatic carbocycles. The zero-order valence-corrected chi connectivity index (χ0v) is 17.9. The number of nitrogens with zero attached hydrogens (tertiary/aromatic N) is 2. The Morgan fingerprint density at radius 3 is 2.77 bits per heavy atom. The van der Waals surface area contributed by atoms with E-state index in [9.17, 15) is 9.59 Å². The predicted molar refractivity (Wildman–Crippen MR) is 116 cm³/mol. The third-order valence-electron chi connectivity index (χ3n) is 4.84. The van der Waals surface area contributed by atoms with Crippen molar-refractivity contribution >= 4 is 23.8 Å². The monoisotopic (exact) mass is 438 g/mol. The summed E-state index contributed by atoms with van der Waals surface area (Å²) in [5.74, 6) is 0.290. The van der Waals surface area contributed by atoms with Gasteiger partial charge < -0.3 is 24.4 Å². The Morgan fingerprint density at radius 1 is 1.26 bits per heavy atom. The van der Waals surface area contributed by atoms with Crippen molar-refractivity contribution < 1.29 is 18.7 Å². The van der Waals surface area contributed by atoms with Gasteiger partial charge in [-0.1, -0.05) is 42.1 Å². The topological polar surface area (TPSA) is 98.4 Å². The number of thioether (sulfide) groups is 1. The Morgan fingerprint density at radius 2 is 2.06 bits per heavy atom. The van der Waals surface area contributed by atoms with E-state index in [2.05, 4.69) is 15.6 Å². The number of carbonyl (C=O) groups is 2. The van der Waals surface area contributed by atoms with Crippen LogP contribution >= 0.6 is 11.8 Å². The van der Waals surface area contributed by atoms with Gasteiger partial charge >= 0.3 is 12.0 Å². The number of furan rings is 1. The molecule has 1 aromatic carbocycles. The van der Waals surface area contributed by atoms with Crippen LogP contribution in [0.15, 0.2) is 75.8 Å². The summed E-state index contributed by atoms with van der Waals surface area (Å²) in [6.45, 7) is 1.96. The van der Waals surface area contributed by atoms with Gasteiger partial charge in [-0.15, -0.1) is 0 Å². The van der Waals surface area contributed by atoms with Gasteiger partial charge in [0.2, 0.25) is 0 Å². The second kappa shape index (κ2) is 9.13. The van der Waals surface area contributed by atoms with E-state index in [0.717, 1.165) is 16.4 Å². The predicted octanol–water partition coefficient (Wildman–Crippen LogP) is 3.64. The molecule has 1 aliphatic rings. The Kier molecular flexibility index (Phi) is 6.13. The normalized spacial score (nSPS) is 16.1. The summed E-state index contributed by atoms with van der Waals surface area (Å²) >= 11 is 1.42. The zero-order valence-electron chi connectivity index (χ0n) is 17.1. The SMILES string of the molecule is CCOC(=O)C1=C(CSc2ncc(-c3ccccc3)n2C)NC(=O)NC1c1ccco1. The first-order valence-electron chi connectivity index (χ1n) is 9.79. The minimum atomic E-state index is -0.723. The van der Waals surface area contributed by atoms with Crippen LogP contribution in [0.2, 0.25) is 0 Å². The zero-order chi connectivity index (χ0) is 21.8. The Bertz CT molecular complexity index is 1110. The third-order valence-corrected chi connectivity index (χ3v) is 5.91. The lowest BCUT2D eigenvalue weighted by Crippen LogP contribution is -2.46. The fourth-order valence-electron chi connectivity index (χ4n) is 3.39. The summed E-state index contributed by atoms with van der Waals surface area (Å²) < 4.78 is 12.7. The second-order valence-corrected chi connectivity index (χ2v) is 7.74. The Balaban J connectivity index is 1.63. The van der Waals surface area contributed by atoms with E-state index in [4.69, 9.17) is 9.15 Å². The first-order valence-corrected chi connectivity index (χ1v) is 10.8. The summed E-state index contributed by atoms with van der Waals surface area (Å²) in [5.41, 5.74) is 2.83. The van der Waals surface area contributed by atoms with E-state index in [-0.39, 0.29) is 6.61 Å². The van der Waals surface area contributed by atoms with Gasteiger partial charge in [0.15, 0.2) is 5.16 Å². The van der Waals surface area contributed by atoms with Gasteiger partial charge in [-0.05, 0) is 24.6 Å². The van der Waals surface area contributed by atoms with Crippen LogP contribution < -0.4 is 10.6 Å². The van der Waals surface area contributed by atoms with Crippen molar-refractivity contribution in [1.29, 1.82) is 0 Å². The van der Waals surface area contributed by atoms with Crippen LogP contribution in [0.3, 0.4) is 0 Å². The molecule has 1 unspecified atom stereocenters. The van der Waals surface area contributed by atoms with Crippen LogP contribution in [-0.2, 0) is 16.6 Å². The van der Waals surface area contributed by atoms with Crippen LogP contribution in [0.5, 0.6) is 0 Å². The van der Waals surface area contributed by atoms with Gasteiger partial charge in [-0.3, -0.25) is 0 Å². The summed E-state index contributed by atoms with van der Waals surface area (Å²) in [5, 5.41) is 6.26. The van der Waals surface area contributed by atoms with Gasteiger partial charge in [0, 0.05) is 18.5 Å². The first-order chi connectivity index (χ1) is 15.1. The number of rotatable bonds is 7. The van der Waals surface area contributed by atoms with Gasteiger partial charge in [0.05, 0.1) is 30.3 Å². The summed E-state index contributed by atoms with van der Waals surface area (Å²) in [6.07, 6.45) is 3.31. The smallest absolute Gasteiger partial charge is 0.338 e. The van der Waals surface area contributed by atoms with Gasteiger partial charge in [-0.25, -0.2) is 14.6 Å². The van der Waals surface area contributed by atoms with Crippen LogP contribution in [0.4, 0.5) is 4.79 Å². The van der Waals surface area contributed by atoms with Crippen molar-refractivity contribution in [3.8, 4) is 11.3 Å². The molecule has 160 valence electrons. The molecule has 9 heteroatoms. The number of urea groups is 1. The number of aromatic nitrogens is 2. The number of ether oxygens (including phenoxy) is 1. The third kappa shape index (κ3) is 4.36. The highest BCUT2D eigenvalue weighted by molar-refractivity contribution is 7.99. The highest BCUT2D eigenvalue weighted by Gasteiger charge is 2.35. The molecule has 0 radical (unpaired) electrons. The van der Waals surface area contributed by atoms with Gasteiger partial charge in [0.1, 0.15) is 11.8 Å². The number of benzene rings is 1. The molecule has 0 spiro atoms. The average Bonchev–Trinajstić information content (AvgIpc) is 3.43. The van der Waals surface area contributed by atoms with Gasteiger partial charge in [0.25, 0.3) is 0 Å². The maximum absolute atomic E-state index is 12.7. The number of carbonyl (C=O) groups excluding carboxylic acids is 2.